The monoisotopic (exact) mass is 316 g/mol. The molecular formula is C15H24O5S. The zero-order valence-corrected chi connectivity index (χ0v) is 14.0. The van der Waals surface area contributed by atoms with Crippen LogP contribution in [0.5, 0.6) is 11.5 Å². The van der Waals surface area contributed by atoms with Gasteiger partial charge in [0.25, 0.3) is 0 Å². The van der Waals surface area contributed by atoms with Crippen LogP contribution in [-0.4, -0.2) is 37.7 Å². The Bertz CT molecular complexity index is 570. The Balaban J connectivity index is 2.84. The molecule has 0 aliphatic rings. The summed E-state index contributed by atoms with van der Waals surface area (Å²) < 4.78 is 33.9. The van der Waals surface area contributed by atoms with E-state index < -0.39 is 20.7 Å². The van der Waals surface area contributed by atoms with Crippen molar-refractivity contribution in [2.75, 3.05) is 19.5 Å². The van der Waals surface area contributed by atoms with Crippen molar-refractivity contribution >= 4 is 9.84 Å². The van der Waals surface area contributed by atoms with E-state index in [0.717, 1.165) is 0 Å². The van der Waals surface area contributed by atoms with Crippen molar-refractivity contribution in [1.82, 2.24) is 0 Å². The van der Waals surface area contributed by atoms with Gasteiger partial charge in [0, 0.05) is 11.6 Å². The highest BCUT2D eigenvalue weighted by molar-refractivity contribution is 7.92. The predicted octanol–water partition coefficient (Wildman–Crippen LogP) is 2.34. The number of hydrogen-bond acceptors (Lipinski definition) is 5. The van der Waals surface area contributed by atoms with Gasteiger partial charge < -0.3 is 14.6 Å². The number of aliphatic hydroxyl groups is 1. The van der Waals surface area contributed by atoms with Crippen LogP contribution < -0.4 is 9.47 Å². The Hall–Kier alpha value is -1.27. The van der Waals surface area contributed by atoms with Crippen molar-refractivity contribution in [1.29, 1.82) is 0 Å². The lowest BCUT2D eigenvalue weighted by atomic mass is 10.1. The Morgan fingerprint density at radius 2 is 1.90 bits per heavy atom. The topological polar surface area (TPSA) is 72.8 Å². The van der Waals surface area contributed by atoms with Crippen molar-refractivity contribution in [2.45, 2.75) is 38.5 Å². The largest absolute Gasteiger partial charge is 0.497 e. The highest BCUT2D eigenvalue weighted by atomic mass is 32.2. The first kappa shape index (κ1) is 17.8. The fraction of sp³-hybridized carbons (Fsp3) is 0.600. The normalized spacial score (nSPS) is 13.8. The van der Waals surface area contributed by atoms with Crippen LogP contribution in [0.1, 0.15) is 39.4 Å². The van der Waals surface area contributed by atoms with Gasteiger partial charge in [0.05, 0.1) is 23.7 Å². The Morgan fingerprint density at radius 3 is 2.38 bits per heavy atom. The molecule has 0 aliphatic heterocycles. The highest BCUT2D eigenvalue weighted by Crippen LogP contribution is 2.29. The van der Waals surface area contributed by atoms with Crippen molar-refractivity contribution in [3.8, 4) is 11.5 Å². The summed E-state index contributed by atoms with van der Waals surface area (Å²) in [4.78, 5) is 0. The summed E-state index contributed by atoms with van der Waals surface area (Å²) in [6, 6.07) is 5.07. The molecule has 120 valence electrons. The average Bonchev–Trinajstić information content (AvgIpc) is 2.36. The summed E-state index contributed by atoms with van der Waals surface area (Å²) in [6.45, 7) is 6.65. The van der Waals surface area contributed by atoms with Gasteiger partial charge >= 0.3 is 0 Å². The minimum atomic E-state index is -3.24. The van der Waals surface area contributed by atoms with Crippen LogP contribution in [0.3, 0.4) is 0 Å². The maximum absolute atomic E-state index is 12.0. The van der Waals surface area contributed by atoms with Crippen LogP contribution in [0.25, 0.3) is 0 Å². The van der Waals surface area contributed by atoms with E-state index in [9.17, 15) is 13.5 Å². The first-order chi connectivity index (χ1) is 9.58. The number of hydrogen-bond donors (Lipinski definition) is 1. The lowest BCUT2D eigenvalue weighted by Gasteiger charge is -2.20. The van der Waals surface area contributed by atoms with E-state index in [4.69, 9.17) is 9.47 Å². The molecule has 6 heteroatoms. The summed E-state index contributed by atoms with van der Waals surface area (Å²) in [5, 5.41) is 9.72. The van der Waals surface area contributed by atoms with Crippen molar-refractivity contribution < 1.29 is 23.0 Å². The van der Waals surface area contributed by atoms with Crippen LogP contribution in [-0.2, 0) is 9.84 Å². The molecule has 0 unspecified atom stereocenters. The molecule has 1 rings (SSSR count). The molecule has 0 heterocycles. The Kier molecular flexibility index (Phi) is 5.64. The second-order valence-electron chi connectivity index (χ2n) is 5.86. The molecule has 1 aromatic carbocycles. The second kappa shape index (κ2) is 6.66. The third-order valence-electron chi connectivity index (χ3n) is 3.21. The number of rotatable bonds is 6. The summed E-state index contributed by atoms with van der Waals surface area (Å²) >= 11 is 0. The fourth-order valence-corrected chi connectivity index (χ4v) is 2.59. The number of benzene rings is 1. The fourth-order valence-electron chi connectivity index (χ4n) is 1.68. The van der Waals surface area contributed by atoms with Gasteiger partial charge in [0.2, 0.25) is 0 Å². The second-order valence-corrected chi connectivity index (χ2v) is 8.72. The quantitative estimate of drug-likeness (QED) is 0.872. The van der Waals surface area contributed by atoms with E-state index in [0.29, 0.717) is 17.1 Å². The molecule has 0 amide bonds. The maximum Gasteiger partial charge on any atom is 0.158 e. The minimum Gasteiger partial charge on any atom is -0.497 e. The molecule has 0 saturated heterocycles. The first-order valence-electron chi connectivity index (χ1n) is 6.79. The van der Waals surface area contributed by atoms with E-state index in [-0.39, 0.29) is 12.4 Å². The van der Waals surface area contributed by atoms with E-state index in [1.165, 1.54) is 7.11 Å². The van der Waals surface area contributed by atoms with Gasteiger partial charge in [-0.3, -0.25) is 0 Å². The van der Waals surface area contributed by atoms with Gasteiger partial charge in [-0.05, 0) is 39.8 Å². The molecule has 5 nitrogen and oxygen atoms in total. The number of sulfone groups is 1. The zero-order chi connectivity index (χ0) is 16.3. The molecule has 0 spiro atoms. The lowest BCUT2D eigenvalue weighted by molar-refractivity contribution is 0.192. The molecule has 1 N–H and O–H groups in total. The highest BCUT2D eigenvalue weighted by Gasteiger charge is 2.28. The minimum absolute atomic E-state index is 0.0342. The van der Waals surface area contributed by atoms with Crippen LogP contribution in [0, 0.1) is 0 Å². The number of methoxy groups -OCH3 is 1. The third kappa shape index (κ3) is 4.61. The third-order valence-corrected chi connectivity index (χ3v) is 5.78. The summed E-state index contributed by atoms with van der Waals surface area (Å²) in [7, 11) is -1.70. The van der Waals surface area contributed by atoms with Crippen molar-refractivity contribution in [2.24, 2.45) is 0 Å². The molecule has 1 aromatic rings. The zero-order valence-electron chi connectivity index (χ0n) is 13.2. The lowest BCUT2D eigenvalue weighted by Crippen LogP contribution is -2.32. The summed E-state index contributed by atoms with van der Waals surface area (Å²) in [5.41, 5.74) is 0.601. The van der Waals surface area contributed by atoms with Gasteiger partial charge in [-0.25, -0.2) is 8.42 Å². The molecule has 0 saturated carbocycles. The van der Waals surface area contributed by atoms with Gasteiger partial charge in [-0.15, -0.1) is 0 Å². The van der Waals surface area contributed by atoms with E-state index >= 15 is 0 Å². The van der Waals surface area contributed by atoms with Crippen LogP contribution in [0.15, 0.2) is 18.2 Å². The first-order valence-corrected chi connectivity index (χ1v) is 8.45. The molecule has 21 heavy (non-hydrogen) atoms. The Labute approximate surface area is 126 Å². The predicted molar refractivity (Wildman–Crippen MR) is 82.7 cm³/mol. The Morgan fingerprint density at radius 1 is 1.29 bits per heavy atom. The van der Waals surface area contributed by atoms with Gasteiger partial charge in [0.1, 0.15) is 18.1 Å². The van der Waals surface area contributed by atoms with E-state index in [2.05, 4.69) is 0 Å². The van der Waals surface area contributed by atoms with Crippen molar-refractivity contribution in [3.05, 3.63) is 23.8 Å². The summed E-state index contributed by atoms with van der Waals surface area (Å²) in [6.07, 6.45) is -0.704. The molecule has 0 aliphatic carbocycles. The molecule has 0 radical (unpaired) electrons. The molecule has 0 aromatic heterocycles. The number of ether oxygens (including phenoxy) is 2. The van der Waals surface area contributed by atoms with Crippen molar-refractivity contribution in [3.63, 3.8) is 0 Å². The van der Waals surface area contributed by atoms with Crippen LogP contribution >= 0.6 is 0 Å². The smallest absolute Gasteiger partial charge is 0.158 e. The van der Waals surface area contributed by atoms with E-state index in [1.54, 1.807) is 45.9 Å². The average molecular weight is 316 g/mol. The van der Waals surface area contributed by atoms with Crippen LogP contribution in [0.2, 0.25) is 0 Å². The molecule has 1 atom stereocenters. The van der Waals surface area contributed by atoms with E-state index in [1.807, 2.05) is 0 Å². The van der Waals surface area contributed by atoms with Gasteiger partial charge in [-0.2, -0.15) is 0 Å². The summed E-state index contributed by atoms with van der Waals surface area (Å²) in [5.74, 6) is 0.953. The molecule has 0 bridgehead atoms. The number of aliphatic hydroxyl groups excluding tert-OH is 1. The SMILES string of the molecule is COc1ccc([C@@H](C)O)c(OCCS(=O)(=O)C(C)(C)C)c1. The maximum atomic E-state index is 12.0. The molecular weight excluding hydrogens is 292 g/mol. The standard InChI is InChI=1S/C15H24O5S/c1-11(16)13-7-6-12(19-5)10-14(13)20-8-9-21(17,18)15(2,3)4/h6-7,10-11,16H,8-9H2,1-5H3/t11-/m1/s1. The van der Waals surface area contributed by atoms with Crippen LogP contribution in [0.4, 0.5) is 0 Å². The van der Waals surface area contributed by atoms with Gasteiger partial charge in [0.15, 0.2) is 9.84 Å². The molecule has 0 fully saturated rings. The van der Waals surface area contributed by atoms with Gasteiger partial charge in [-0.1, -0.05) is 0 Å².